The highest BCUT2D eigenvalue weighted by molar-refractivity contribution is 5.29. The second-order valence-corrected chi connectivity index (χ2v) is 4.72. The standard InChI is InChI=1S/C16H18O2/c1-11-5-3-7-13(9-11)15(17)16(18)14-8-4-6-12(2)10-14/h3-10,15-18H,1-2H3/t15-,16+. The lowest BCUT2D eigenvalue weighted by Crippen LogP contribution is -2.10. The molecule has 0 radical (unpaired) electrons. The van der Waals surface area contributed by atoms with Crippen LogP contribution in [0.1, 0.15) is 34.5 Å². The number of rotatable bonds is 3. The molecule has 2 heteroatoms. The molecular formula is C16H18O2. The predicted molar refractivity (Wildman–Crippen MR) is 72.3 cm³/mol. The molecule has 0 aliphatic carbocycles. The van der Waals surface area contributed by atoms with Gasteiger partial charge in [-0.2, -0.15) is 0 Å². The number of aliphatic hydroxyl groups is 2. The lowest BCUT2D eigenvalue weighted by atomic mass is 9.96. The lowest BCUT2D eigenvalue weighted by molar-refractivity contribution is 0.0172. The maximum Gasteiger partial charge on any atom is 0.109 e. The largest absolute Gasteiger partial charge is 0.385 e. The minimum absolute atomic E-state index is 0.740. The average molecular weight is 242 g/mol. The van der Waals surface area contributed by atoms with Crippen LogP contribution >= 0.6 is 0 Å². The molecule has 0 saturated heterocycles. The highest BCUT2D eigenvalue weighted by Crippen LogP contribution is 2.29. The Morgan fingerprint density at radius 3 is 1.44 bits per heavy atom. The Kier molecular flexibility index (Phi) is 3.80. The number of benzene rings is 2. The quantitative estimate of drug-likeness (QED) is 0.868. The van der Waals surface area contributed by atoms with E-state index in [0.717, 1.165) is 22.3 Å². The first kappa shape index (κ1) is 12.8. The molecule has 2 aromatic carbocycles. The van der Waals surface area contributed by atoms with Gasteiger partial charge >= 0.3 is 0 Å². The zero-order chi connectivity index (χ0) is 13.1. The van der Waals surface area contributed by atoms with Crippen molar-refractivity contribution in [3.63, 3.8) is 0 Å². The second kappa shape index (κ2) is 5.34. The lowest BCUT2D eigenvalue weighted by Gasteiger charge is -2.19. The molecule has 0 aliphatic rings. The van der Waals surface area contributed by atoms with Gasteiger partial charge in [-0.3, -0.25) is 0 Å². The average Bonchev–Trinajstić information content (AvgIpc) is 2.37. The van der Waals surface area contributed by atoms with Crippen molar-refractivity contribution in [2.45, 2.75) is 26.1 Å². The fraction of sp³-hybridized carbons (Fsp3) is 0.250. The molecule has 0 spiro atoms. The number of hydrogen-bond donors (Lipinski definition) is 2. The normalized spacial score (nSPS) is 14.2. The molecule has 0 bridgehead atoms. The third-order valence-electron chi connectivity index (χ3n) is 3.07. The van der Waals surface area contributed by atoms with E-state index >= 15 is 0 Å². The summed E-state index contributed by atoms with van der Waals surface area (Å²) >= 11 is 0. The van der Waals surface area contributed by atoms with Crippen LogP contribution < -0.4 is 0 Å². The van der Waals surface area contributed by atoms with Crippen molar-refractivity contribution in [3.8, 4) is 0 Å². The summed E-state index contributed by atoms with van der Waals surface area (Å²) < 4.78 is 0. The summed E-state index contributed by atoms with van der Waals surface area (Å²) in [7, 11) is 0. The molecule has 0 unspecified atom stereocenters. The van der Waals surface area contributed by atoms with Crippen LogP contribution in [0.3, 0.4) is 0 Å². The molecule has 0 amide bonds. The Bertz CT molecular complexity index is 485. The van der Waals surface area contributed by atoms with E-state index in [1.807, 2.05) is 62.4 Å². The van der Waals surface area contributed by atoms with Gasteiger partial charge in [-0.25, -0.2) is 0 Å². The number of hydrogen-bond acceptors (Lipinski definition) is 2. The maximum atomic E-state index is 10.2. The van der Waals surface area contributed by atoms with Crippen molar-refractivity contribution in [2.75, 3.05) is 0 Å². The van der Waals surface area contributed by atoms with Gasteiger partial charge < -0.3 is 10.2 Å². The minimum atomic E-state index is -0.897. The number of aryl methyl sites for hydroxylation is 2. The van der Waals surface area contributed by atoms with Crippen molar-refractivity contribution >= 4 is 0 Å². The first-order valence-corrected chi connectivity index (χ1v) is 6.07. The predicted octanol–water partition coefficient (Wildman–Crippen LogP) is 3.07. The SMILES string of the molecule is Cc1cccc([C@@H](O)[C@@H](O)c2cccc(C)c2)c1. The molecule has 0 saturated carbocycles. The molecule has 2 N–H and O–H groups in total. The second-order valence-electron chi connectivity index (χ2n) is 4.72. The third-order valence-corrected chi connectivity index (χ3v) is 3.07. The molecule has 2 aromatic rings. The molecule has 18 heavy (non-hydrogen) atoms. The molecule has 0 heterocycles. The summed E-state index contributed by atoms with van der Waals surface area (Å²) in [5.74, 6) is 0. The molecule has 94 valence electrons. The highest BCUT2D eigenvalue weighted by Gasteiger charge is 2.20. The zero-order valence-corrected chi connectivity index (χ0v) is 10.7. The van der Waals surface area contributed by atoms with Gasteiger partial charge in [-0.15, -0.1) is 0 Å². The molecule has 0 aromatic heterocycles. The Balaban J connectivity index is 2.26. The van der Waals surface area contributed by atoms with Crippen LogP contribution in [-0.4, -0.2) is 10.2 Å². The van der Waals surface area contributed by atoms with Crippen molar-refractivity contribution in [1.29, 1.82) is 0 Å². The summed E-state index contributed by atoms with van der Waals surface area (Å²) in [5, 5.41) is 20.4. The summed E-state index contributed by atoms with van der Waals surface area (Å²) in [6.07, 6.45) is -1.79. The van der Waals surface area contributed by atoms with Gasteiger partial charge in [0.2, 0.25) is 0 Å². The molecule has 0 aliphatic heterocycles. The van der Waals surface area contributed by atoms with Crippen molar-refractivity contribution in [3.05, 3.63) is 70.8 Å². The van der Waals surface area contributed by atoms with Gasteiger partial charge in [-0.05, 0) is 25.0 Å². The van der Waals surface area contributed by atoms with Crippen molar-refractivity contribution in [2.24, 2.45) is 0 Å². The topological polar surface area (TPSA) is 40.5 Å². The van der Waals surface area contributed by atoms with E-state index in [4.69, 9.17) is 0 Å². The zero-order valence-electron chi connectivity index (χ0n) is 10.7. The highest BCUT2D eigenvalue weighted by atomic mass is 16.3. The summed E-state index contributed by atoms with van der Waals surface area (Å²) in [4.78, 5) is 0. The molecular weight excluding hydrogens is 224 g/mol. The van der Waals surface area contributed by atoms with E-state index in [9.17, 15) is 10.2 Å². The Morgan fingerprint density at radius 2 is 1.11 bits per heavy atom. The molecule has 0 fully saturated rings. The Hall–Kier alpha value is -1.64. The Morgan fingerprint density at radius 1 is 0.722 bits per heavy atom. The summed E-state index contributed by atoms with van der Waals surface area (Å²) in [6, 6.07) is 15.2. The van der Waals surface area contributed by atoms with E-state index < -0.39 is 12.2 Å². The van der Waals surface area contributed by atoms with Crippen LogP contribution in [0.2, 0.25) is 0 Å². The fourth-order valence-electron chi connectivity index (χ4n) is 2.07. The van der Waals surface area contributed by atoms with Crippen LogP contribution in [0.25, 0.3) is 0 Å². The van der Waals surface area contributed by atoms with Crippen LogP contribution in [0, 0.1) is 13.8 Å². The van der Waals surface area contributed by atoms with Gasteiger partial charge in [0.15, 0.2) is 0 Å². The monoisotopic (exact) mass is 242 g/mol. The van der Waals surface area contributed by atoms with E-state index in [2.05, 4.69) is 0 Å². The van der Waals surface area contributed by atoms with Crippen LogP contribution in [0.4, 0.5) is 0 Å². The van der Waals surface area contributed by atoms with Gasteiger partial charge in [0.1, 0.15) is 12.2 Å². The maximum absolute atomic E-state index is 10.2. The van der Waals surface area contributed by atoms with Crippen LogP contribution in [0.5, 0.6) is 0 Å². The molecule has 2 nitrogen and oxygen atoms in total. The fourth-order valence-corrected chi connectivity index (χ4v) is 2.07. The summed E-state index contributed by atoms with van der Waals surface area (Å²) in [6.45, 7) is 3.94. The first-order chi connectivity index (χ1) is 8.58. The third kappa shape index (κ3) is 2.78. The van der Waals surface area contributed by atoms with E-state index in [0.29, 0.717) is 0 Å². The van der Waals surface area contributed by atoms with Crippen molar-refractivity contribution < 1.29 is 10.2 Å². The summed E-state index contributed by atoms with van der Waals surface area (Å²) in [5.41, 5.74) is 3.62. The van der Waals surface area contributed by atoms with E-state index in [1.54, 1.807) is 0 Å². The van der Waals surface area contributed by atoms with E-state index in [-0.39, 0.29) is 0 Å². The van der Waals surface area contributed by atoms with E-state index in [1.165, 1.54) is 0 Å². The van der Waals surface area contributed by atoms with Gasteiger partial charge in [-0.1, -0.05) is 59.7 Å². The van der Waals surface area contributed by atoms with Gasteiger partial charge in [0, 0.05) is 0 Å². The smallest absolute Gasteiger partial charge is 0.109 e. The first-order valence-electron chi connectivity index (χ1n) is 6.07. The Labute approximate surface area is 108 Å². The van der Waals surface area contributed by atoms with Crippen LogP contribution in [0.15, 0.2) is 48.5 Å². The van der Waals surface area contributed by atoms with Crippen molar-refractivity contribution in [1.82, 2.24) is 0 Å². The van der Waals surface area contributed by atoms with Gasteiger partial charge in [0.25, 0.3) is 0 Å². The molecule has 2 rings (SSSR count). The minimum Gasteiger partial charge on any atom is -0.385 e. The molecule has 2 atom stereocenters. The van der Waals surface area contributed by atoms with Gasteiger partial charge in [0.05, 0.1) is 0 Å². The number of aliphatic hydroxyl groups excluding tert-OH is 2. The van der Waals surface area contributed by atoms with Crippen LogP contribution in [-0.2, 0) is 0 Å².